The van der Waals surface area contributed by atoms with Crippen molar-refractivity contribution in [2.75, 3.05) is 5.84 Å². The summed E-state index contributed by atoms with van der Waals surface area (Å²) in [6.07, 6.45) is 0. The normalized spacial score (nSPS) is 10.8. The van der Waals surface area contributed by atoms with Crippen LogP contribution in [-0.2, 0) is 5.75 Å². The van der Waals surface area contributed by atoms with Gasteiger partial charge < -0.3 is 5.84 Å². The van der Waals surface area contributed by atoms with E-state index in [1.807, 2.05) is 24.3 Å². The van der Waals surface area contributed by atoms with E-state index in [-0.39, 0.29) is 5.82 Å². The van der Waals surface area contributed by atoms with Gasteiger partial charge in [0, 0.05) is 16.3 Å². The van der Waals surface area contributed by atoms with Gasteiger partial charge >= 0.3 is 0 Å². The van der Waals surface area contributed by atoms with Crippen molar-refractivity contribution in [1.82, 2.24) is 14.9 Å². The highest BCUT2D eigenvalue weighted by Gasteiger charge is 2.12. The fraction of sp³-hybridized carbons (Fsp3) is 0.0667. The maximum absolute atomic E-state index is 13.0. The van der Waals surface area contributed by atoms with Crippen LogP contribution in [0.4, 0.5) is 4.39 Å². The predicted octanol–water partition coefficient (Wildman–Crippen LogP) is 3.74. The number of halogens is 2. The zero-order valence-electron chi connectivity index (χ0n) is 11.4. The zero-order valence-corrected chi connectivity index (χ0v) is 13.0. The molecular weight excluding hydrogens is 323 g/mol. The van der Waals surface area contributed by atoms with Crippen molar-refractivity contribution in [3.63, 3.8) is 0 Å². The number of hydrogen-bond donors (Lipinski definition) is 1. The highest BCUT2D eigenvalue weighted by molar-refractivity contribution is 7.98. The first kappa shape index (κ1) is 14.9. The first-order valence-electron chi connectivity index (χ1n) is 6.47. The molecule has 3 rings (SSSR count). The summed E-state index contributed by atoms with van der Waals surface area (Å²) in [6, 6.07) is 13.6. The average Bonchev–Trinajstić information content (AvgIpc) is 2.89. The summed E-state index contributed by atoms with van der Waals surface area (Å²) in [5.74, 6) is 6.92. The molecule has 0 unspecified atom stereocenters. The molecule has 0 spiro atoms. The molecule has 2 N–H and O–H groups in total. The van der Waals surface area contributed by atoms with Gasteiger partial charge in [0.15, 0.2) is 5.82 Å². The molecule has 0 saturated heterocycles. The lowest BCUT2D eigenvalue weighted by atomic mass is 10.2. The Labute approximate surface area is 136 Å². The molecule has 3 aromatic rings. The van der Waals surface area contributed by atoms with Crippen molar-refractivity contribution in [2.45, 2.75) is 10.9 Å². The van der Waals surface area contributed by atoms with Gasteiger partial charge in [-0.05, 0) is 42.0 Å². The number of nitrogens with two attached hydrogens (primary N) is 1. The lowest BCUT2D eigenvalue weighted by Crippen LogP contribution is -2.11. The molecule has 4 nitrogen and oxygen atoms in total. The van der Waals surface area contributed by atoms with Gasteiger partial charge in [-0.15, -0.1) is 10.2 Å². The van der Waals surface area contributed by atoms with Crippen molar-refractivity contribution in [1.29, 1.82) is 0 Å². The van der Waals surface area contributed by atoms with E-state index < -0.39 is 0 Å². The quantitative estimate of drug-likeness (QED) is 0.583. The molecule has 1 heterocycles. The first-order valence-corrected chi connectivity index (χ1v) is 7.83. The number of nitrogen functional groups attached to an aromatic ring is 1. The molecule has 22 heavy (non-hydrogen) atoms. The van der Waals surface area contributed by atoms with Gasteiger partial charge in [0.25, 0.3) is 0 Å². The minimum absolute atomic E-state index is 0.302. The van der Waals surface area contributed by atoms with E-state index in [1.165, 1.54) is 28.6 Å². The van der Waals surface area contributed by atoms with Crippen molar-refractivity contribution < 1.29 is 4.39 Å². The Kier molecular flexibility index (Phi) is 4.31. The monoisotopic (exact) mass is 334 g/mol. The standard InChI is InChI=1S/C15H12ClFN4S/c16-12-5-1-10(2-6-12)9-22-15-20-19-14(21(15)18)11-3-7-13(17)8-4-11/h1-8H,9,18H2. The molecule has 0 bridgehead atoms. The van der Waals surface area contributed by atoms with Gasteiger partial charge in [0.1, 0.15) is 5.82 Å². The largest absolute Gasteiger partial charge is 0.335 e. The second-order valence-corrected chi connectivity index (χ2v) is 5.98. The fourth-order valence-corrected chi connectivity index (χ4v) is 2.84. The van der Waals surface area contributed by atoms with Gasteiger partial charge in [-0.1, -0.05) is 35.5 Å². The summed E-state index contributed by atoms with van der Waals surface area (Å²) >= 11 is 7.33. The van der Waals surface area contributed by atoms with Crippen molar-refractivity contribution in [2.24, 2.45) is 0 Å². The van der Waals surface area contributed by atoms with E-state index in [2.05, 4.69) is 10.2 Å². The molecule has 0 aliphatic heterocycles. The lowest BCUT2D eigenvalue weighted by molar-refractivity contribution is 0.628. The van der Waals surface area contributed by atoms with Gasteiger partial charge in [-0.25, -0.2) is 9.07 Å². The summed E-state index contributed by atoms with van der Waals surface area (Å²) in [5.41, 5.74) is 1.83. The smallest absolute Gasteiger partial charge is 0.210 e. The van der Waals surface area contributed by atoms with Crippen LogP contribution in [0.3, 0.4) is 0 Å². The Hall–Kier alpha value is -2.05. The van der Waals surface area contributed by atoms with Crippen LogP contribution in [-0.4, -0.2) is 14.9 Å². The van der Waals surface area contributed by atoms with Crippen LogP contribution in [0.25, 0.3) is 11.4 Å². The molecule has 1 aromatic heterocycles. The Balaban J connectivity index is 1.75. The summed E-state index contributed by atoms with van der Waals surface area (Å²) in [5, 5.41) is 9.44. The number of hydrogen-bond acceptors (Lipinski definition) is 4. The van der Waals surface area contributed by atoms with Crippen molar-refractivity contribution >= 4 is 23.4 Å². The summed E-state index contributed by atoms with van der Waals surface area (Å²) in [7, 11) is 0. The van der Waals surface area contributed by atoms with Crippen LogP contribution in [0, 0.1) is 5.82 Å². The summed E-state index contributed by atoms with van der Waals surface area (Å²) in [4.78, 5) is 0. The summed E-state index contributed by atoms with van der Waals surface area (Å²) in [6.45, 7) is 0. The van der Waals surface area contributed by atoms with Crippen molar-refractivity contribution in [3.8, 4) is 11.4 Å². The molecule has 0 saturated carbocycles. The van der Waals surface area contributed by atoms with E-state index in [0.717, 1.165) is 11.1 Å². The van der Waals surface area contributed by atoms with E-state index in [0.29, 0.717) is 21.8 Å². The molecule has 7 heteroatoms. The molecule has 0 aliphatic carbocycles. The van der Waals surface area contributed by atoms with Gasteiger partial charge in [0.05, 0.1) is 0 Å². The number of aromatic nitrogens is 3. The Morgan fingerprint density at radius 1 is 1.05 bits per heavy atom. The van der Waals surface area contributed by atoms with E-state index in [9.17, 15) is 4.39 Å². The van der Waals surface area contributed by atoms with Crippen molar-refractivity contribution in [3.05, 3.63) is 64.9 Å². The van der Waals surface area contributed by atoms with E-state index in [4.69, 9.17) is 17.4 Å². The maximum Gasteiger partial charge on any atom is 0.210 e. The number of benzene rings is 2. The summed E-state index contributed by atoms with van der Waals surface area (Å²) < 4.78 is 14.4. The minimum atomic E-state index is -0.302. The second-order valence-electron chi connectivity index (χ2n) is 4.60. The van der Waals surface area contributed by atoms with Gasteiger partial charge in [-0.3, -0.25) is 0 Å². The van der Waals surface area contributed by atoms with Crippen LogP contribution in [0.5, 0.6) is 0 Å². The molecule has 0 fully saturated rings. The minimum Gasteiger partial charge on any atom is -0.335 e. The molecule has 0 radical (unpaired) electrons. The third kappa shape index (κ3) is 3.23. The number of rotatable bonds is 4. The predicted molar refractivity (Wildman–Crippen MR) is 86.6 cm³/mol. The van der Waals surface area contributed by atoms with Crippen LogP contribution in [0.1, 0.15) is 5.56 Å². The Morgan fingerprint density at radius 2 is 1.73 bits per heavy atom. The van der Waals surface area contributed by atoms with Crippen LogP contribution < -0.4 is 5.84 Å². The molecular formula is C15H12ClFN4S. The van der Waals surface area contributed by atoms with Gasteiger partial charge in [-0.2, -0.15) is 0 Å². The van der Waals surface area contributed by atoms with Gasteiger partial charge in [0.2, 0.25) is 5.16 Å². The maximum atomic E-state index is 13.0. The Morgan fingerprint density at radius 3 is 2.41 bits per heavy atom. The van der Waals surface area contributed by atoms with E-state index in [1.54, 1.807) is 12.1 Å². The van der Waals surface area contributed by atoms with E-state index >= 15 is 0 Å². The third-order valence-electron chi connectivity index (χ3n) is 3.05. The fourth-order valence-electron chi connectivity index (χ4n) is 1.90. The number of nitrogens with zero attached hydrogens (tertiary/aromatic N) is 3. The molecule has 2 aromatic carbocycles. The highest BCUT2D eigenvalue weighted by Crippen LogP contribution is 2.24. The van der Waals surface area contributed by atoms with Crippen LogP contribution in [0.2, 0.25) is 5.02 Å². The van der Waals surface area contributed by atoms with Crippen LogP contribution >= 0.6 is 23.4 Å². The molecule has 112 valence electrons. The Bertz CT molecular complexity index is 771. The number of thioether (sulfide) groups is 1. The molecule has 0 amide bonds. The second kappa shape index (κ2) is 6.37. The van der Waals surface area contributed by atoms with Crippen LogP contribution in [0.15, 0.2) is 53.7 Å². The average molecular weight is 335 g/mol. The highest BCUT2D eigenvalue weighted by atomic mass is 35.5. The third-order valence-corrected chi connectivity index (χ3v) is 4.31. The SMILES string of the molecule is Nn1c(SCc2ccc(Cl)cc2)nnc1-c1ccc(F)cc1. The topological polar surface area (TPSA) is 56.7 Å². The first-order chi connectivity index (χ1) is 10.6. The molecule has 0 aliphatic rings. The lowest BCUT2D eigenvalue weighted by Gasteiger charge is -2.04. The molecule has 0 atom stereocenters. The zero-order chi connectivity index (χ0) is 15.5.